The number of halogens is 3. The van der Waals surface area contributed by atoms with Gasteiger partial charge < -0.3 is 10.6 Å². The van der Waals surface area contributed by atoms with Gasteiger partial charge in [0, 0.05) is 32.2 Å². The molecule has 158 valence electrons. The second-order valence-electron chi connectivity index (χ2n) is 6.76. The van der Waals surface area contributed by atoms with Gasteiger partial charge in [0.15, 0.2) is 5.96 Å². The summed E-state index contributed by atoms with van der Waals surface area (Å²) < 4.78 is 61.4. The minimum absolute atomic E-state index is 0.128. The van der Waals surface area contributed by atoms with Crippen LogP contribution in [0.1, 0.15) is 30.9 Å². The lowest BCUT2D eigenvalue weighted by atomic mass is 10.1. The zero-order valence-corrected chi connectivity index (χ0v) is 16.9. The molecule has 0 unspecified atom stereocenters. The molecule has 1 saturated heterocycles. The van der Waals surface area contributed by atoms with Gasteiger partial charge in [-0.05, 0) is 38.7 Å². The SMILES string of the molecule is CCNC(=NCCc1ccc(C)cc1)NC1CCN(S(=O)(=O)C(F)(F)F)CC1. The van der Waals surface area contributed by atoms with Crippen LogP contribution < -0.4 is 10.6 Å². The number of alkyl halides is 3. The standard InChI is InChI=1S/C18H27F3N4O2S/c1-3-22-17(23-11-8-15-6-4-14(2)5-7-15)24-16-9-12-25(13-10-16)28(26,27)18(19,20)21/h4-7,16H,3,8-13H2,1-2H3,(H2,22,23,24). The summed E-state index contributed by atoms with van der Waals surface area (Å²) in [6, 6.07) is 8.08. The lowest BCUT2D eigenvalue weighted by Gasteiger charge is -2.32. The topological polar surface area (TPSA) is 73.8 Å². The van der Waals surface area contributed by atoms with Crippen LogP contribution in [-0.4, -0.2) is 56.4 Å². The Bertz CT molecular complexity index is 756. The molecule has 1 fully saturated rings. The molecular weight excluding hydrogens is 393 g/mol. The number of aryl methyl sites for hydroxylation is 1. The van der Waals surface area contributed by atoms with E-state index in [1.165, 1.54) is 11.1 Å². The summed E-state index contributed by atoms with van der Waals surface area (Å²) in [6.45, 7) is 4.85. The molecule has 1 aliphatic rings. The third-order valence-corrected chi connectivity index (χ3v) is 6.19. The van der Waals surface area contributed by atoms with Crippen molar-refractivity contribution in [3.05, 3.63) is 35.4 Å². The van der Waals surface area contributed by atoms with Crippen LogP contribution in [0.4, 0.5) is 13.2 Å². The van der Waals surface area contributed by atoms with Crippen molar-refractivity contribution in [3.63, 3.8) is 0 Å². The molecule has 0 radical (unpaired) electrons. The summed E-state index contributed by atoms with van der Waals surface area (Å²) in [4.78, 5) is 4.51. The summed E-state index contributed by atoms with van der Waals surface area (Å²) in [5.41, 5.74) is -2.88. The van der Waals surface area contributed by atoms with Gasteiger partial charge in [0.25, 0.3) is 0 Å². The molecule has 1 aromatic rings. The van der Waals surface area contributed by atoms with Gasteiger partial charge in [-0.1, -0.05) is 29.8 Å². The van der Waals surface area contributed by atoms with Gasteiger partial charge in [-0.15, -0.1) is 0 Å². The van der Waals surface area contributed by atoms with E-state index in [0.717, 1.165) is 6.42 Å². The fourth-order valence-corrected chi connectivity index (χ4v) is 3.94. The smallest absolute Gasteiger partial charge is 0.357 e. The van der Waals surface area contributed by atoms with Crippen molar-refractivity contribution in [1.82, 2.24) is 14.9 Å². The van der Waals surface area contributed by atoms with E-state index in [9.17, 15) is 21.6 Å². The lowest BCUT2D eigenvalue weighted by Crippen LogP contribution is -2.51. The highest BCUT2D eigenvalue weighted by atomic mass is 32.2. The molecule has 10 heteroatoms. The lowest BCUT2D eigenvalue weighted by molar-refractivity contribution is -0.0494. The van der Waals surface area contributed by atoms with Gasteiger partial charge in [-0.25, -0.2) is 8.42 Å². The molecule has 0 atom stereocenters. The minimum atomic E-state index is -5.25. The van der Waals surface area contributed by atoms with Crippen LogP contribution in [0.5, 0.6) is 0 Å². The highest BCUT2D eigenvalue weighted by Gasteiger charge is 2.50. The first kappa shape index (κ1) is 22.5. The summed E-state index contributed by atoms with van der Waals surface area (Å²) in [5, 5.41) is 6.32. The maximum Gasteiger partial charge on any atom is 0.511 e. The van der Waals surface area contributed by atoms with Gasteiger partial charge in [-0.3, -0.25) is 4.99 Å². The largest absolute Gasteiger partial charge is 0.511 e. The molecule has 1 heterocycles. The van der Waals surface area contributed by atoms with Crippen LogP contribution in [-0.2, 0) is 16.4 Å². The predicted octanol–water partition coefficient (Wildman–Crippen LogP) is 2.41. The van der Waals surface area contributed by atoms with E-state index in [-0.39, 0.29) is 32.0 Å². The van der Waals surface area contributed by atoms with Crippen LogP contribution in [0, 0.1) is 6.92 Å². The van der Waals surface area contributed by atoms with Crippen LogP contribution >= 0.6 is 0 Å². The number of sulfonamides is 1. The molecule has 0 bridgehead atoms. The number of piperidine rings is 1. The fraction of sp³-hybridized carbons (Fsp3) is 0.611. The molecule has 6 nitrogen and oxygen atoms in total. The summed E-state index contributed by atoms with van der Waals surface area (Å²) in [7, 11) is -5.25. The number of guanidine groups is 1. The molecule has 0 amide bonds. The van der Waals surface area contributed by atoms with Gasteiger partial charge in [0.1, 0.15) is 0 Å². The van der Waals surface area contributed by atoms with Gasteiger partial charge in [0.2, 0.25) is 0 Å². The van der Waals surface area contributed by atoms with Crippen LogP contribution in [0.15, 0.2) is 29.3 Å². The Kier molecular flexibility index (Phi) is 7.70. The Hall–Kier alpha value is -1.81. The van der Waals surface area contributed by atoms with Crippen LogP contribution in [0.2, 0.25) is 0 Å². The van der Waals surface area contributed by atoms with E-state index in [2.05, 4.69) is 27.8 Å². The van der Waals surface area contributed by atoms with Crippen molar-refractivity contribution in [2.75, 3.05) is 26.2 Å². The van der Waals surface area contributed by atoms with E-state index >= 15 is 0 Å². The molecule has 2 rings (SSSR count). The predicted molar refractivity (Wildman–Crippen MR) is 104 cm³/mol. The number of nitrogens with zero attached hydrogens (tertiary/aromatic N) is 2. The molecule has 0 aliphatic carbocycles. The second-order valence-corrected chi connectivity index (χ2v) is 8.69. The molecule has 28 heavy (non-hydrogen) atoms. The third kappa shape index (κ3) is 6.10. The number of hydrogen-bond acceptors (Lipinski definition) is 3. The Morgan fingerprint density at radius 2 is 1.82 bits per heavy atom. The molecule has 2 N–H and O–H groups in total. The first-order chi connectivity index (χ1) is 13.1. The van der Waals surface area contributed by atoms with E-state index in [4.69, 9.17) is 0 Å². The molecule has 1 aliphatic heterocycles. The zero-order valence-electron chi connectivity index (χ0n) is 16.1. The number of nitrogens with one attached hydrogen (secondary N) is 2. The maximum absolute atomic E-state index is 12.7. The van der Waals surface area contributed by atoms with E-state index in [1.54, 1.807) is 0 Å². The van der Waals surface area contributed by atoms with Crippen molar-refractivity contribution < 1.29 is 21.6 Å². The Morgan fingerprint density at radius 1 is 1.21 bits per heavy atom. The molecule has 1 aromatic carbocycles. The zero-order chi connectivity index (χ0) is 20.8. The summed E-state index contributed by atoms with van der Waals surface area (Å²) in [5.74, 6) is 0.590. The summed E-state index contributed by atoms with van der Waals surface area (Å²) >= 11 is 0. The molecule has 0 aromatic heterocycles. The second kappa shape index (κ2) is 9.60. The quantitative estimate of drug-likeness (QED) is 0.548. The number of benzene rings is 1. The Labute approximate surface area is 164 Å². The molecular formula is C18H27F3N4O2S. The van der Waals surface area contributed by atoms with E-state index in [0.29, 0.717) is 23.4 Å². The van der Waals surface area contributed by atoms with Crippen molar-refractivity contribution in [2.24, 2.45) is 4.99 Å². The number of rotatable bonds is 6. The third-order valence-electron chi connectivity index (χ3n) is 4.56. The normalized spacial score (nSPS) is 17.5. The minimum Gasteiger partial charge on any atom is -0.357 e. The number of aliphatic imine (C=N–C) groups is 1. The first-order valence-electron chi connectivity index (χ1n) is 9.30. The highest BCUT2D eigenvalue weighted by molar-refractivity contribution is 7.90. The monoisotopic (exact) mass is 420 g/mol. The average Bonchev–Trinajstić information content (AvgIpc) is 2.63. The van der Waals surface area contributed by atoms with Crippen molar-refractivity contribution >= 4 is 16.0 Å². The van der Waals surface area contributed by atoms with E-state index in [1.807, 2.05) is 26.0 Å². The van der Waals surface area contributed by atoms with Crippen molar-refractivity contribution in [1.29, 1.82) is 0 Å². The maximum atomic E-state index is 12.7. The molecule has 0 spiro atoms. The van der Waals surface area contributed by atoms with E-state index < -0.39 is 15.5 Å². The number of hydrogen-bond donors (Lipinski definition) is 2. The van der Waals surface area contributed by atoms with Crippen molar-refractivity contribution in [2.45, 2.75) is 44.7 Å². The van der Waals surface area contributed by atoms with Gasteiger partial charge in [-0.2, -0.15) is 17.5 Å². The summed E-state index contributed by atoms with van der Waals surface area (Å²) in [6.07, 6.45) is 1.36. The van der Waals surface area contributed by atoms with Crippen molar-refractivity contribution in [3.8, 4) is 0 Å². The first-order valence-corrected chi connectivity index (χ1v) is 10.7. The van der Waals surface area contributed by atoms with Crippen LogP contribution in [0.3, 0.4) is 0 Å². The fourth-order valence-electron chi connectivity index (χ4n) is 2.95. The average molecular weight is 421 g/mol. The molecule has 0 saturated carbocycles. The van der Waals surface area contributed by atoms with Crippen LogP contribution in [0.25, 0.3) is 0 Å². The Morgan fingerprint density at radius 3 is 2.36 bits per heavy atom. The highest BCUT2D eigenvalue weighted by Crippen LogP contribution is 2.28. The van der Waals surface area contributed by atoms with Gasteiger partial charge in [0.05, 0.1) is 0 Å². The Balaban J connectivity index is 1.88. The van der Waals surface area contributed by atoms with Gasteiger partial charge >= 0.3 is 15.5 Å².